The molecular weight excluding hydrogens is 1710 g/mol. The fraction of sp³-hybridized carbons (Fsp3) is 0.0645. The Bertz CT molecular complexity index is 10700. The maximum absolute atomic E-state index is 5.04. The van der Waals surface area contributed by atoms with E-state index < -0.39 is 0 Å². The van der Waals surface area contributed by atoms with Gasteiger partial charge in [0.15, 0.2) is 0 Å². The molecule has 0 saturated carbocycles. The third kappa shape index (κ3) is 10.3. The molecule has 0 N–H and O–H groups in total. The van der Waals surface area contributed by atoms with Crippen LogP contribution in [0.5, 0.6) is 0 Å². The van der Waals surface area contributed by atoms with Gasteiger partial charge < -0.3 is 0 Å². The summed E-state index contributed by atoms with van der Waals surface area (Å²) in [5, 5.41) is 14.1. The fourth-order valence-electron chi connectivity index (χ4n) is 26.0. The largest absolute Gasteiger partial charge is 0.291 e. The lowest BCUT2D eigenvalue weighted by atomic mass is 9.92. The Balaban J connectivity index is 0.0000000829. The van der Waals surface area contributed by atoms with Crippen molar-refractivity contribution in [1.82, 2.24) is 77.4 Å². The molecule has 8 aliphatic rings. The van der Waals surface area contributed by atoms with E-state index in [1.165, 1.54) is 221 Å². The van der Waals surface area contributed by atoms with Gasteiger partial charge in [0.1, 0.15) is 44.7 Å². The summed E-state index contributed by atoms with van der Waals surface area (Å²) in [5.41, 5.74) is 61.4. The monoisotopic (exact) mass is 1780 g/mol. The molecule has 16 heterocycles. The molecule has 0 atom stereocenters. The molecule has 8 aliphatic carbocycles. The van der Waals surface area contributed by atoms with Gasteiger partial charge in [0.25, 0.3) is 0 Å². The lowest BCUT2D eigenvalue weighted by Gasteiger charge is -2.13. The second kappa shape index (κ2) is 27.7. The Hall–Kier alpha value is -18.3. The number of hydrogen-bond acceptors (Lipinski definition) is 12. The minimum Gasteiger partial charge on any atom is -0.291 e. The average molecular weight is 1790 g/mol. The van der Waals surface area contributed by atoms with E-state index in [0.29, 0.717) is 0 Å². The number of hydrogen-bond donors (Lipinski definition) is 0. The molecule has 16 aromatic heterocycles. The van der Waals surface area contributed by atoms with Crippen LogP contribution in [-0.4, -0.2) is 77.4 Å². The van der Waals surface area contributed by atoms with E-state index >= 15 is 0 Å². The number of benzene rings is 12. The Kier molecular flexibility index (Phi) is 14.9. The fourth-order valence-corrected chi connectivity index (χ4v) is 26.0. The minimum absolute atomic E-state index is 0.913. The first kappa shape index (κ1) is 75.1. The van der Waals surface area contributed by atoms with Gasteiger partial charge in [-0.15, -0.1) is 0 Å². The molecule has 12 aromatic carbocycles. The molecule has 36 rings (SSSR count). The van der Waals surface area contributed by atoms with Crippen molar-refractivity contribution in [2.75, 3.05) is 0 Å². The molecule has 0 amide bonds. The van der Waals surface area contributed by atoms with Crippen LogP contribution in [-0.2, 0) is 51.4 Å². The van der Waals surface area contributed by atoms with Crippen molar-refractivity contribution in [1.29, 1.82) is 0 Å². The SMILES string of the molecule is c1ccc2c(c1)Cc1c-2ccc2c1-c1cc3c4cnccc4n4c5ccncc5nc4c3cc1C2.c1ccc2c(c1)Cc1c-2ccc2c1Cc1cc3c(cc1-2)c1cnccc1n1c2ccncc2nc31.c1ccc2c(c1)Cc1cc3c(cc1-2)-c1cc2c4cnccc4n4c5ccncc5nc4c2cc1C3.c1ccc2c(c1)Cc1ccc3c(c1-2)-c1cc2c4cnccc4n4c5ccncc5nc4c2cc1C3. The molecule has 0 unspecified atom stereocenters. The van der Waals surface area contributed by atoms with E-state index in [1.54, 1.807) is 0 Å². The van der Waals surface area contributed by atoms with Crippen LogP contribution in [0.4, 0.5) is 0 Å². The van der Waals surface area contributed by atoms with Crippen molar-refractivity contribution < 1.29 is 0 Å². The summed E-state index contributed by atoms with van der Waals surface area (Å²) in [6.07, 6.45) is 38.1. The van der Waals surface area contributed by atoms with Crippen LogP contribution in [0.3, 0.4) is 0 Å². The summed E-state index contributed by atoms with van der Waals surface area (Å²) in [6, 6.07) is 89.9. The van der Waals surface area contributed by atoms with Gasteiger partial charge in [-0.05, 0) is 354 Å². The van der Waals surface area contributed by atoms with Gasteiger partial charge in [-0.1, -0.05) is 140 Å². The van der Waals surface area contributed by atoms with Crippen LogP contribution >= 0.6 is 0 Å². The normalized spacial score (nSPS) is 13.5. The minimum atomic E-state index is 0.913. The number of rotatable bonds is 0. The zero-order valence-corrected chi connectivity index (χ0v) is 75.1. The highest BCUT2D eigenvalue weighted by Crippen LogP contribution is 2.56. The van der Waals surface area contributed by atoms with E-state index in [2.05, 4.69) is 276 Å². The van der Waals surface area contributed by atoms with Gasteiger partial charge in [-0.3, -0.25) is 57.5 Å². The van der Waals surface area contributed by atoms with Gasteiger partial charge in [-0.2, -0.15) is 0 Å². The van der Waals surface area contributed by atoms with Gasteiger partial charge in [0, 0.05) is 117 Å². The molecular formula is C124H72N16. The van der Waals surface area contributed by atoms with E-state index in [-0.39, 0.29) is 0 Å². The van der Waals surface area contributed by atoms with Crippen LogP contribution in [0.2, 0.25) is 0 Å². The highest BCUT2D eigenvalue weighted by atomic mass is 15.1. The summed E-state index contributed by atoms with van der Waals surface area (Å²) >= 11 is 0. The molecule has 0 bridgehead atoms. The Morgan fingerprint density at radius 3 is 0.871 bits per heavy atom. The first-order chi connectivity index (χ1) is 69.4. The molecule has 0 spiro atoms. The summed E-state index contributed by atoms with van der Waals surface area (Å²) < 4.78 is 9.05. The second-order valence-electron chi connectivity index (χ2n) is 38.9. The zero-order valence-electron chi connectivity index (χ0n) is 75.1. The molecule has 648 valence electrons. The molecule has 0 saturated heterocycles. The highest BCUT2D eigenvalue weighted by Gasteiger charge is 2.36. The van der Waals surface area contributed by atoms with Crippen LogP contribution in [0.1, 0.15) is 89.0 Å². The molecule has 28 aromatic rings. The topological polar surface area (TPSA) is 172 Å². The number of nitrogens with zero attached hydrogens (tertiary/aromatic N) is 16. The Labute approximate surface area is 796 Å². The molecule has 0 aliphatic heterocycles. The quantitative estimate of drug-likeness (QED) is 0.132. The van der Waals surface area contributed by atoms with Crippen molar-refractivity contribution >= 4 is 153 Å². The van der Waals surface area contributed by atoms with Gasteiger partial charge in [0.2, 0.25) is 0 Å². The van der Waals surface area contributed by atoms with Crippen molar-refractivity contribution in [2.24, 2.45) is 0 Å². The van der Waals surface area contributed by atoms with Crippen molar-refractivity contribution in [3.8, 4) is 89.0 Å². The maximum Gasteiger partial charge on any atom is 0.146 e. The molecule has 0 radical (unpaired) electrons. The van der Waals surface area contributed by atoms with Gasteiger partial charge >= 0.3 is 0 Å². The highest BCUT2D eigenvalue weighted by molar-refractivity contribution is 6.21. The average Bonchev–Trinajstić information content (AvgIpc) is 1.56. The van der Waals surface area contributed by atoms with Crippen molar-refractivity contribution in [3.63, 3.8) is 0 Å². The maximum atomic E-state index is 5.04. The summed E-state index contributed by atoms with van der Waals surface area (Å²) in [4.78, 5) is 55.4. The van der Waals surface area contributed by atoms with Crippen LogP contribution in [0.15, 0.2) is 342 Å². The Morgan fingerprint density at radius 2 is 0.421 bits per heavy atom. The van der Waals surface area contributed by atoms with Gasteiger partial charge in [-0.25, -0.2) is 19.9 Å². The first-order valence-corrected chi connectivity index (χ1v) is 48.1. The molecule has 0 fully saturated rings. The predicted molar refractivity (Wildman–Crippen MR) is 559 cm³/mol. The lowest BCUT2D eigenvalue weighted by Crippen LogP contribution is -1.94. The third-order valence-electron chi connectivity index (χ3n) is 32.0. The number of imidazole rings is 4. The molecule has 16 nitrogen and oxygen atoms in total. The van der Waals surface area contributed by atoms with Crippen LogP contribution < -0.4 is 0 Å². The number of aromatic nitrogens is 16. The van der Waals surface area contributed by atoms with Crippen LogP contribution in [0.25, 0.3) is 242 Å². The van der Waals surface area contributed by atoms with E-state index in [0.717, 1.165) is 162 Å². The zero-order chi connectivity index (χ0) is 90.7. The number of pyridine rings is 12. The van der Waals surface area contributed by atoms with Gasteiger partial charge in [0.05, 0.1) is 68.9 Å². The van der Waals surface area contributed by atoms with E-state index in [9.17, 15) is 0 Å². The second-order valence-corrected chi connectivity index (χ2v) is 38.9. The van der Waals surface area contributed by atoms with E-state index in [4.69, 9.17) is 19.9 Å². The summed E-state index contributed by atoms with van der Waals surface area (Å²) in [7, 11) is 0. The molecule has 140 heavy (non-hydrogen) atoms. The summed E-state index contributed by atoms with van der Waals surface area (Å²) in [6.45, 7) is 0. The van der Waals surface area contributed by atoms with Crippen molar-refractivity contribution in [2.45, 2.75) is 51.4 Å². The lowest BCUT2D eigenvalue weighted by molar-refractivity contribution is 1.16. The summed E-state index contributed by atoms with van der Waals surface area (Å²) in [5.74, 6) is 0. The molecule has 16 heteroatoms. The van der Waals surface area contributed by atoms with E-state index in [1.807, 2.05) is 123 Å². The Morgan fingerprint density at radius 1 is 0.157 bits per heavy atom. The van der Waals surface area contributed by atoms with Crippen molar-refractivity contribution in [3.05, 3.63) is 431 Å². The predicted octanol–water partition coefficient (Wildman–Crippen LogP) is 26.9. The first-order valence-electron chi connectivity index (χ1n) is 48.1. The third-order valence-corrected chi connectivity index (χ3v) is 32.0. The smallest absolute Gasteiger partial charge is 0.146 e. The standard InChI is InChI=1S/4C31H18N4/c1-2-4-21-17(3-1)9-18-10-19-11-20-12-26-25(14-24(20)23(19)13-22(18)21)27-15-32-7-5-29(27)35-30-6-8-33-16-28(30)34-31(26)35;1-2-4-20-17(3-1)12-24-21(20)6-5-18-11-19-13-25-23(14-22(19)30(18)24)26-15-32-9-7-28(26)35-29-8-10-33-16-27(29)34-31(25)35;1-2-4-19-17(3-1)11-23-20(19)5-6-21-22-14-25-26(13-18(22)12-24(21)23)31-34-28-16-33-10-8-30(28)35(31)29-7-9-32-15-27(25)29;1-2-4-21-17(3-1)11-18-5-6-19-12-20-13-24-23(14-22(20)30(19)29(18)21)25-15-32-9-7-27(25)35-28-8-10-33-16-26(28)34-31(24)35/h1-8,10,12-16H,9,11H2;3*1-10,13-16H,11-12H2. The van der Waals surface area contributed by atoms with Crippen LogP contribution in [0, 0.1) is 0 Å². The number of fused-ring (bicyclic) bond motifs is 59.